The van der Waals surface area contributed by atoms with Gasteiger partial charge in [-0.05, 0) is 24.3 Å². The summed E-state index contributed by atoms with van der Waals surface area (Å²) in [6, 6.07) is 26.3. The number of para-hydroxylation sites is 3. The zero-order valence-corrected chi connectivity index (χ0v) is 16.7. The van der Waals surface area contributed by atoms with E-state index < -0.39 is 0 Å². The number of carbonyl (C=O) groups is 1. The summed E-state index contributed by atoms with van der Waals surface area (Å²) in [7, 11) is 1.56. The van der Waals surface area contributed by atoms with Gasteiger partial charge < -0.3 is 10.1 Å². The molecule has 0 bridgehead atoms. The van der Waals surface area contributed by atoms with Crippen LogP contribution in [0.4, 0.5) is 5.69 Å². The molecule has 0 aliphatic rings. The topological polar surface area (TPSA) is 65.3 Å². The zero-order valence-electron chi connectivity index (χ0n) is 16.7. The Kier molecular flexibility index (Phi) is 5.22. The van der Waals surface area contributed by atoms with Crippen LogP contribution in [-0.2, 0) is 4.79 Å². The third-order valence-corrected chi connectivity index (χ3v) is 4.72. The fraction of sp³-hybridized carbons (Fsp3) is 0.0833. The van der Waals surface area contributed by atoms with Crippen molar-refractivity contribution >= 4 is 11.6 Å². The Morgan fingerprint density at radius 3 is 2.07 bits per heavy atom. The van der Waals surface area contributed by atoms with E-state index in [0.717, 1.165) is 11.3 Å². The van der Waals surface area contributed by atoms with Crippen LogP contribution in [0.2, 0.25) is 0 Å². The number of ether oxygens (including phenoxy) is 1. The first-order chi connectivity index (χ1) is 14.6. The van der Waals surface area contributed by atoms with Gasteiger partial charge in [0.15, 0.2) is 0 Å². The molecule has 0 saturated carbocycles. The highest BCUT2D eigenvalue weighted by atomic mass is 16.5. The minimum absolute atomic E-state index is 0.212. The number of benzene rings is 3. The van der Waals surface area contributed by atoms with E-state index in [1.54, 1.807) is 17.9 Å². The monoisotopic (exact) mass is 399 g/mol. The summed E-state index contributed by atoms with van der Waals surface area (Å²) in [5, 5.41) is 2.74. The molecule has 1 amide bonds. The quantitative estimate of drug-likeness (QED) is 0.545. The number of aromatic nitrogens is 2. The molecule has 0 unspecified atom stereocenters. The molecule has 6 heteroatoms. The predicted molar refractivity (Wildman–Crippen MR) is 118 cm³/mol. The van der Waals surface area contributed by atoms with Crippen molar-refractivity contribution in [1.29, 1.82) is 0 Å². The van der Waals surface area contributed by atoms with Gasteiger partial charge in [0.25, 0.3) is 5.56 Å². The lowest BCUT2D eigenvalue weighted by Crippen LogP contribution is -2.23. The van der Waals surface area contributed by atoms with Crippen molar-refractivity contribution in [3.63, 3.8) is 0 Å². The second-order valence-electron chi connectivity index (χ2n) is 6.71. The lowest BCUT2D eigenvalue weighted by Gasteiger charge is -2.17. The van der Waals surface area contributed by atoms with Crippen molar-refractivity contribution in [1.82, 2.24) is 9.36 Å². The Labute approximate surface area is 174 Å². The highest BCUT2D eigenvalue weighted by molar-refractivity contribution is 5.93. The highest BCUT2D eigenvalue weighted by Crippen LogP contribution is 2.32. The number of nitrogens with zero attached hydrogens (tertiary/aromatic N) is 2. The first kappa shape index (κ1) is 19.3. The van der Waals surface area contributed by atoms with E-state index in [2.05, 4.69) is 5.32 Å². The molecule has 0 spiro atoms. The highest BCUT2D eigenvalue weighted by Gasteiger charge is 2.25. The number of rotatable bonds is 5. The van der Waals surface area contributed by atoms with Crippen molar-refractivity contribution in [2.75, 3.05) is 12.4 Å². The first-order valence-corrected chi connectivity index (χ1v) is 9.51. The van der Waals surface area contributed by atoms with E-state index in [9.17, 15) is 9.59 Å². The van der Waals surface area contributed by atoms with Crippen molar-refractivity contribution in [2.45, 2.75) is 6.92 Å². The lowest BCUT2D eigenvalue weighted by molar-refractivity contribution is -0.114. The maximum Gasteiger partial charge on any atom is 0.296 e. The second-order valence-corrected chi connectivity index (χ2v) is 6.71. The Morgan fingerprint density at radius 2 is 1.43 bits per heavy atom. The van der Waals surface area contributed by atoms with E-state index in [4.69, 9.17) is 4.74 Å². The molecule has 0 aliphatic carbocycles. The summed E-state index contributed by atoms with van der Waals surface area (Å²) in [5.41, 5.74) is 2.60. The van der Waals surface area contributed by atoms with E-state index in [0.29, 0.717) is 17.1 Å². The molecule has 0 radical (unpaired) electrons. The Balaban J connectivity index is 2.16. The molecular weight excluding hydrogens is 378 g/mol. The van der Waals surface area contributed by atoms with Gasteiger partial charge in [-0.25, -0.2) is 9.36 Å². The molecule has 30 heavy (non-hydrogen) atoms. The van der Waals surface area contributed by atoms with Gasteiger partial charge in [-0.3, -0.25) is 9.59 Å². The van der Waals surface area contributed by atoms with Crippen molar-refractivity contribution in [3.05, 3.63) is 95.3 Å². The van der Waals surface area contributed by atoms with Gasteiger partial charge in [0.05, 0.1) is 12.8 Å². The van der Waals surface area contributed by atoms with Crippen LogP contribution in [0.25, 0.3) is 22.6 Å². The predicted octanol–water partition coefficient (Wildman–Crippen LogP) is 4.26. The molecule has 0 fully saturated rings. The first-order valence-electron chi connectivity index (χ1n) is 9.51. The second kappa shape index (κ2) is 8.13. The molecule has 1 heterocycles. The fourth-order valence-corrected chi connectivity index (χ4v) is 3.49. The minimum Gasteiger partial charge on any atom is -0.494 e. The summed E-state index contributed by atoms with van der Waals surface area (Å²) in [6.07, 6.45) is 0. The van der Waals surface area contributed by atoms with Crippen LogP contribution in [-0.4, -0.2) is 22.4 Å². The number of nitrogens with one attached hydrogen (secondary N) is 1. The summed E-state index contributed by atoms with van der Waals surface area (Å²) in [4.78, 5) is 25.6. The van der Waals surface area contributed by atoms with Crippen LogP contribution in [0, 0.1) is 0 Å². The maximum absolute atomic E-state index is 13.6. The number of carbonyl (C=O) groups excluding carboxylic acids is 1. The van der Waals surface area contributed by atoms with Crippen molar-refractivity contribution in [3.8, 4) is 28.4 Å². The SMILES string of the molecule is COc1ccccc1-n1c(=O)c(NC(C)=O)c(-c2ccccc2)n1-c1ccccc1. The normalized spacial score (nSPS) is 10.6. The molecule has 0 atom stereocenters. The molecule has 4 rings (SSSR count). The average molecular weight is 399 g/mol. The van der Waals surface area contributed by atoms with Crippen molar-refractivity contribution in [2.24, 2.45) is 0 Å². The summed E-state index contributed by atoms with van der Waals surface area (Å²) in [5.74, 6) is 0.227. The molecule has 4 aromatic rings. The summed E-state index contributed by atoms with van der Waals surface area (Å²) < 4.78 is 8.86. The molecule has 0 aliphatic heterocycles. The van der Waals surface area contributed by atoms with Gasteiger partial charge in [-0.15, -0.1) is 0 Å². The number of methoxy groups -OCH3 is 1. The van der Waals surface area contributed by atoms with Crippen LogP contribution < -0.4 is 15.6 Å². The van der Waals surface area contributed by atoms with E-state index >= 15 is 0 Å². The molecule has 0 saturated heterocycles. The number of hydrogen-bond donors (Lipinski definition) is 1. The van der Waals surface area contributed by atoms with Gasteiger partial charge >= 0.3 is 0 Å². The molecule has 1 aromatic heterocycles. The summed E-state index contributed by atoms with van der Waals surface area (Å²) in [6.45, 7) is 1.39. The third kappa shape index (κ3) is 3.39. The van der Waals surface area contributed by atoms with Gasteiger partial charge in [-0.2, -0.15) is 0 Å². The van der Waals surface area contributed by atoms with Crippen LogP contribution in [0.15, 0.2) is 89.7 Å². The molecule has 3 aromatic carbocycles. The van der Waals surface area contributed by atoms with Gasteiger partial charge in [0, 0.05) is 12.5 Å². The van der Waals surface area contributed by atoms with Crippen molar-refractivity contribution < 1.29 is 9.53 Å². The van der Waals surface area contributed by atoms with Crippen LogP contribution in [0.3, 0.4) is 0 Å². The summed E-state index contributed by atoms with van der Waals surface area (Å²) >= 11 is 0. The Bertz CT molecular complexity index is 1240. The Hall–Kier alpha value is -4.06. The van der Waals surface area contributed by atoms with E-state index in [-0.39, 0.29) is 17.2 Å². The van der Waals surface area contributed by atoms with Crippen LogP contribution in [0.5, 0.6) is 5.75 Å². The largest absolute Gasteiger partial charge is 0.494 e. The number of amides is 1. The van der Waals surface area contributed by atoms with E-state index in [1.165, 1.54) is 11.6 Å². The molecule has 1 N–H and O–H groups in total. The van der Waals surface area contributed by atoms with Gasteiger partial charge in [0.1, 0.15) is 22.8 Å². The number of hydrogen-bond acceptors (Lipinski definition) is 3. The van der Waals surface area contributed by atoms with Gasteiger partial charge in [0.2, 0.25) is 5.91 Å². The molecule has 6 nitrogen and oxygen atoms in total. The molecule has 150 valence electrons. The third-order valence-electron chi connectivity index (χ3n) is 4.72. The number of anilines is 1. The zero-order chi connectivity index (χ0) is 21.1. The van der Waals surface area contributed by atoms with Crippen LogP contribution >= 0.6 is 0 Å². The Morgan fingerprint density at radius 1 is 0.833 bits per heavy atom. The molecular formula is C24H21N3O3. The van der Waals surface area contributed by atoms with Gasteiger partial charge in [-0.1, -0.05) is 60.7 Å². The fourth-order valence-electron chi connectivity index (χ4n) is 3.49. The van der Waals surface area contributed by atoms with Crippen LogP contribution in [0.1, 0.15) is 6.92 Å². The maximum atomic E-state index is 13.6. The smallest absolute Gasteiger partial charge is 0.296 e. The lowest BCUT2D eigenvalue weighted by atomic mass is 10.1. The minimum atomic E-state index is -0.350. The standard InChI is InChI=1S/C24H21N3O3/c1-17(28)25-22-23(18-11-5-3-6-12-18)26(19-13-7-4-8-14-19)27(24(22)29)20-15-9-10-16-21(20)30-2/h3-16H,1-2H3,(H,25,28). The average Bonchev–Trinajstić information content (AvgIpc) is 3.06. The van der Waals surface area contributed by atoms with E-state index in [1.807, 2.05) is 78.9 Å².